The van der Waals surface area contributed by atoms with Gasteiger partial charge in [-0.1, -0.05) is 6.92 Å². The van der Waals surface area contributed by atoms with Crippen LogP contribution in [0.15, 0.2) is 0 Å². The monoisotopic (exact) mass is 189 g/mol. The number of rotatable bonds is 5. The van der Waals surface area contributed by atoms with Crippen LogP contribution in [-0.4, -0.2) is 29.2 Å². The Hall–Kier alpha value is -1.10. The van der Waals surface area contributed by atoms with E-state index in [-0.39, 0.29) is 6.10 Å². The normalized spacial score (nSPS) is 14.7. The molecule has 2 atom stereocenters. The number of carbonyl (C=O) groups is 2. The topological polar surface area (TPSA) is 89.6 Å². The van der Waals surface area contributed by atoms with Gasteiger partial charge in [0.05, 0.1) is 12.5 Å². The van der Waals surface area contributed by atoms with Crippen molar-refractivity contribution < 1.29 is 19.4 Å². The van der Waals surface area contributed by atoms with E-state index in [1.165, 1.54) is 0 Å². The Morgan fingerprint density at radius 2 is 2.08 bits per heavy atom. The van der Waals surface area contributed by atoms with Crippen molar-refractivity contribution in [1.29, 1.82) is 0 Å². The molecule has 0 aliphatic rings. The molecule has 0 aromatic rings. The molecule has 1 unspecified atom stereocenters. The highest BCUT2D eigenvalue weighted by Crippen LogP contribution is 2.00. The maximum absolute atomic E-state index is 11.0. The second kappa shape index (κ2) is 5.53. The molecule has 0 aromatic heterocycles. The standard InChI is InChI=1S/C8H15NO4/c1-3-5(2)13-8(12)6(9)4-7(10)11/h5-6H,3-4,9H2,1-2H3,(H,10,11)/t5?,6-/m0/s1. The fraction of sp³-hybridized carbons (Fsp3) is 0.750. The predicted octanol–water partition coefficient (Wildman–Crippen LogP) is 0.130. The molecule has 5 heteroatoms. The number of carboxylic acid groups (broad SMARTS) is 1. The molecule has 0 saturated heterocycles. The average Bonchev–Trinajstić information content (AvgIpc) is 2.02. The molecule has 0 rings (SSSR count). The molecule has 0 spiro atoms. The van der Waals surface area contributed by atoms with E-state index < -0.39 is 24.4 Å². The summed E-state index contributed by atoms with van der Waals surface area (Å²) in [5, 5.41) is 8.34. The third-order valence-corrected chi connectivity index (χ3v) is 1.59. The molecular formula is C8H15NO4. The van der Waals surface area contributed by atoms with Gasteiger partial charge >= 0.3 is 11.9 Å². The molecule has 0 fully saturated rings. The first-order chi connectivity index (χ1) is 5.97. The van der Waals surface area contributed by atoms with Gasteiger partial charge in [-0.2, -0.15) is 0 Å². The molecule has 5 nitrogen and oxygen atoms in total. The largest absolute Gasteiger partial charge is 0.481 e. The predicted molar refractivity (Wildman–Crippen MR) is 46.1 cm³/mol. The quantitative estimate of drug-likeness (QED) is 0.600. The van der Waals surface area contributed by atoms with Crippen LogP contribution in [0.25, 0.3) is 0 Å². The minimum atomic E-state index is -1.10. The molecule has 0 radical (unpaired) electrons. The molecule has 13 heavy (non-hydrogen) atoms. The number of carboxylic acids is 1. The zero-order chi connectivity index (χ0) is 10.4. The van der Waals surface area contributed by atoms with Crippen LogP contribution in [0, 0.1) is 0 Å². The van der Waals surface area contributed by atoms with Crippen molar-refractivity contribution in [2.45, 2.75) is 38.8 Å². The smallest absolute Gasteiger partial charge is 0.323 e. The first-order valence-electron chi connectivity index (χ1n) is 4.15. The van der Waals surface area contributed by atoms with E-state index >= 15 is 0 Å². The SMILES string of the molecule is CCC(C)OC(=O)[C@@H](N)CC(=O)O. The molecule has 0 amide bonds. The van der Waals surface area contributed by atoms with E-state index in [0.717, 1.165) is 0 Å². The van der Waals surface area contributed by atoms with Crippen LogP contribution >= 0.6 is 0 Å². The third kappa shape index (κ3) is 5.19. The lowest BCUT2D eigenvalue weighted by molar-refractivity contribution is -0.153. The summed E-state index contributed by atoms with van der Waals surface area (Å²) in [5.74, 6) is -1.76. The molecule has 0 aromatic carbocycles. The third-order valence-electron chi connectivity index (χ3n) is 1.59. The Kier molecular flexibility index (Phi) is 5.06. The number of hydrogen-bond donors (Lipinski definition) is 2. The maximum atomic E-state index is 11.0. The van der Waals surface area contributed by atoms with Crippen LogP contribution in [0.2, 0.25) is 0 Å². The molecule has 0 heterocycles. The number of ether oxygens (including phenoxy) is 1. The minimum absolute atomic E-state index is 0.215. The van der Waals surface area contributed by atoms with E-state index in [1.54, 1.807) is 6.92 Å². The summed E-state index contributed by atoms with van der Waals surface area (Å²) in [4.78, 5) is 21.2. The van der Waals surface area contributed by atoms with Gasteiger partial charge in [0, 0.05) is 0 Å². The Morgan fingerprint density at radius 3 is 2.46 bits per heavy atom. The summed E-state index contributed by atoms with van der Waals surface area (Å²) in [7, 11) is 0. The van der Waals surface area contributed by atoms with Crippen molar-refractivity contribution in [1.82, 2.24) is 0 Å². The summed E-state index contributed by atoms with van der Waals surface area (Å²) >= 11 is 0. The molecule has 0 saturated carbocycles. The van der Waals surface area contributed by atoms with Crippen LogP contribution in [0.1, 0.15) is 26.7 Å². The maximum Gasteiger partial charge on any atom is 0.323 e. The fourth-order valence-corrected chi connectivity index (χ4v) is 0.640. The fourth-order valence-electron chi connectivity index (χ4n) is 0.640. The summed E-state index contributed by atoms with van der Waals surface area (Å²) in [6, 6.07) is -1.06. The van der Waals surface area contributed by atoms with Crippen molar-refractivity contribution in [2.75, 3.05) is 0 Å². The number of carbonyl (C=O) groups excluding carboxylic acids is 1. The molecule has 3 N–H and O–H groups in total. The molecule has 0 aliphatic carbocycles. The zero-order valence-electron chi connectivity index (χ0n) is 7.82. The first kappa shape index (κ1) is 11.9. The summed E-state index contributed by atoms with van der Waals surface area (Å²) in [5.41, 5.74) is 5.27. The average molecular weight is 189 g/mol. The van der Waals surface area contributed by atoms with Gasteiger partial charge in [-0.05, 0) is 13.3 Å². The van der Waals surface area contributed by atoms with Gasteiger partial charge in [0.2, 0.25) is 0 Å². The van der Waals surface area contributed by atoms with Gasteiger partial charge in [-0.25, -0.2) is 0 Å². The number of nitrogens with two attached hydrogens (primary N) is 1. The van der Waals surface area contributed by atoms with Crippen molar-refractivity contribution in [3.8, 4) is 0 Å². The van der Waals surface area contributed by atoms with Crippen molar-refractivity contribution in [2.24, 2.45) is 5.73 Å². The summed E-state index contributed by atoms with van der Waals surface area (Å²) in [6.07, 6.45) is 0.0770. The molecule has 76 valence electrons. The van der Waals surface area contributed by atoms with Gasteiger partial charge in [-0.15, -0.1) is 0 Å². The van der Waals surface area contributed by atoms with Crippen LogP contribution in [0.5, 0.6) is 0 Å². The zero-order valence-corrected chi connectivity index (χ0v) is 7.82. The van der Waals surface area contributed by atoms with Crippen LogP contribution in [0.3, 0.4) is 0 Å². The second-order valence-electron chi connectivity index (χ2n) is 2.86. The molecule has 0 bridgehead atoms. The van der Waals surface area contributed by atoms with Crippen LogP contribution in [0.4, 0.5) is 0 Å². The lowest BCUT2D eigenvalue weighted by atomic mass is 10.2. The van der Waals surface area contributed by atoms with Crippen molar-refractivity contribution in [3.05, 3.63) is 0 Å². The lowest BCUT2D eigenvalue weighted by Crippen LogP contribution is -2.36. The highest BCUT2D eigenvalue weighted by Gasteiger charge is 2.19. The van der Waals surface area contributed by atoms with E-state index in [4.69, 9.17) is 15.6 Å². The van der Waals surface area contributed by atoms with E-state index in [9.17, 15) is 9.59 Å². The minimum Gasteiger partial charge on any atom is -0.481 e. The van der Waals surface area contributed by atoms with Crippen molar-refractivity contribution in [3.63, 3.8) is 0 Å². The van der Waals surface area contributed by atoms with Gasteiger partial charge in [0.25, 0.3) is 0 Å². The van der Waals surface area contributed by atoms with Crippen LogP contribution in [-0.2, 0) is 14.3 Å². The highest BCUT2D eigenvalue weighted by molar-refractivity contribution is 5.81. The van der Waals surface area contributed by atoms with E-state index in [0.29, 0.717) is 6.42 Å². The number of hydrogen-bond acceptors (Lipinski definition) is 4. The summed E-state index contributed by atoms with van der Waals surface area (Å²) < 4.78 is 4.83. The Morgan fingerprint density at radius 1 is 1.54 bits per heavy atom. The number of aliphatic carboxylic acids is 1. The van der Waals surface area contributed by atoms with Crippen LogP contribution < -0.4 is 5.73 Å². The van der Waals surface area contributed by atoms with Gasteiger partial charge in [0.15, 0.2) is 0 Å². The molecular weight excluding hydrogens is 174 g/mol. The lowest BCUT2D eigenvalue weighted by Gasteiger charge is -2.13. The van der Waals surface area contributed by atoms with Crippen molar-refractivity contribution >= 4 is 11.9 Å². The second-order valence-corrected chi connectivity index (χ2v) is 2.86. The Balaban J connectivity index is 3.89. The molecule has 0 aliphatic heterocycles. The van der Waals surface area contributed by atoms with Gasteiger partial charge in [0.1, 0.15) is 6.04 Å². The van der Waals surface area contributed by atoms with Gasteiger partial charge < -0.3 is 15.6 Å². The highest BCUT2D eigenvalue weighted by atomic mass is 16.5. The Bertz CT molecular complexity index is 193. The summed E-state index contributed by atoms with van der Waals surface area (Å²) in [6.45, 7) is 3.59. The number of esters is 1. The van der Waals surface area contributed by atoms with Gasteiger partial charge in [-0.3, -0.25) is 9.59 Å². The Labute approximate surface area is 76.9 Å². The first-order valence-corrected chi connectivity index (χ1v) is 4.15. The van der Waals surface area contributed by atoms with E-state index in [2.05, 4.69) is 0 Å². The van der Waals surface area contributed by atoms with E-state index in [1.807, 2.05) is 6.92 Å².